The van der Waals surface area contributed by atoms with Crippen molar-refractivity contribution in [3.8, 4) is 17.2 Å². The lowest BCUT2D eigenvalue weighted by molar-refractivity contribution is -0.113. The second-order valence-corrected chi connectivity index (χ2v) is 8.46. The summed E-state index contributed by atoms with van der Waals surface area (Å²) in [6, 6.07) is 13.3. The third-order valence-corrected chi connectivity index (χ3v) is 6.53. The highest BCUT2D eigenvalue weighted by Gasteiger charge is 2.31. The molecule has 0 spiro atoms. The Kier molecular flexibility index (Phi) is 6.25. The molecule has 0 fully saturated rings. The Balaban J connectivity index is 1.83. The fourth-order valence-electron chi connectivity index (χ4n) is 3.56. The molecule has 0 aliphatic carbocycles. The molecule has 0 saturated carbocycles. The van der Waals surface area contributed by atoms with Gasteiger partial charge in [0.25, 0.3) is 0 Å². The van der Waals surface area contributed by atoms with Gasteiger partial charge in [-0.05, 0) is 36.8 Å². The highest BCUT2D eigenvalue weighted by molar-refractivity contribution is 8.00. The first-order chi connectivity index (χ1) is 15.0. The van der Waals surface area contributed by atoms with Crippen molar-refractivity contribution < 1.29 is 14.3 Å². The molecule has 2 aromatic carbocycles. The number of fused-ring (bicyclic) bond motifs is 1. The summed E-state index contributed by atoms with van der Waals surface area (Å²) < 4.78 is 12.9. The first-order valence-electron chi connectivity index (χ1n) is 9.71. The molecule has 0 bridgehead atoms. The number of anilines is 1. The minimum atomic E-state index is -0.118. The van der Waals surface area contributed by atoms with E-state index in [1.54, 1.807) is 35.7 Å². The molecule has 8 heteroatoms. The second kappa shape index (κ2) is 9.08. The van der Waals surface area contributed by atoms with Crippen molar-refractivity contribution in [3.05, 3.63) is 77.0 Å². The van der Waals surface area contributed by atoms with Crippen LogP contribution in [0.2, 0.25) is 5.02 Å². The van der Waals surface area contributed by atoms with E-state index < -0.39 is 0 Å². The molecule has 31 heavy (non-hydrogen) atoms. The number of carbonyl (C=O) groups excluding carboxylic acids is 1. The van der Waals surface area contributed by atoms with E-state index in [9.17, 15) is 4.79 Å². The van der Waals surface area contributed by atoms with Gasteiger partial charge in [0, 0.05) is 5.56 Å². The van der Waals surface area contributed by atoms with E-state index in [2.05, 4.69) is 11.9 Å². The van der Waals surface area contributed by atoms with E-state index in [0.717, 1.165) is 16.8 Å². The summed E-state index contributed by atoms with van der Waals surface area (Å²) in [5, 5.41) is 8.17. The van der Waals surface area contributed by atoms with Gasteiger partial charge in [-0.15, -0.1) is 11.8 Å². The number of rotatable bonds is 6. The van der Waals surface area contributed by atoms with Crippen LogP contribution in [0.3, 0.4) is 0 Å². The molecular weight excluding hydrogens is 434 g/mol. The van der Waals surface area contributed by atoms with Crippen molar-refractivity contribution in [1.29, 1.82) is 0 Å². The third-order valence-electron chi connectivity index (χ3n) is 4.94. The Hall–Kier alpha value is -2.90. The number of ether oxygens (including phenoxy) is 2. The number of amides is 1. The van der Waals surface area contributed by atoms with Gasteiger partial charge in [-0.3, -0.25) is 4.79 Å². The predicted octanol–water partition coefficient (Wildman–Crippen LogP) is 5.18. The molecule has 0 radical (unpaired) electrons. The van der Waals surface area contributed by atoms with Crippen molar-refractivity contribution in [2.24, 2.45) is 0 Å². The van der Waals surface area contributed by atoms with Gasteiger partial charge in [-0.1, -0.05) is 42.5 Å². The normalized spacial score (nSPS) is 15.6. The SMILES string of the molecule is C=CCOc1ccc([C@H]2SCC(=O)Nc3c2c(C)nn3-c2ccccc2Cl)cc1OC. The van der Waals surface area contributed by atoms with E-state index in [1.165, 1.54) is 0 Å². The lowest BCUT2D eigenvalue weighted by atomic mass is 10.0. The summed E-state index contributed by atoms with van der Waals surface area (Å²) in [6.45, 7) is 6.01. The fraction of sp³-hybridized carbons (Fsp3) is 0.217. The first-order valence-corrected chi connectivity index (χ1v) is 11.1. The number of carbonyl (C=O) groups is 1. The number of hydrogen-bond acceptors (Lipinski definition) is 5. The molecule has 4 rings (SSSR count). The molecular formula is C23H22ClN3O3S. The summed E-state index contributed by atoms with van der Waals surface area (Å²) in [7, 11) is 1.61. The zero-order valence-electron chi connectivity index (χ0n) is 17.2. The first kappa shape index (κ1) is 21.3. The van der Waals surface area contributed by atoms with Gasteiger partial charge in [0.05, 0.1) is 34.5 Å². The average Bonchev–Trinajstić information content (AvgIpc) is 2.97. The van der Waals surface area contributed by atoms with E-state index in [1.807, 2.05) is 43.3 Å². The number of benzene rings is 2. The Bertz CT molecular complexity index is 1150. The number of thioether (sulfide) groups is 1. The quantitative estimate of drug-likeness (QED) is 0.518. The molecule has 3 aromatic rings. The zero-order valence-corrected chi connectivity index (χ0v) is 18.8. The highest BCUT2D eigenvalue weighted by atomic mass is 35.5. The number of aromatic nitrogens is 2. The fourth-order valence-corrected chi connectivity index (χ4v) is 4.95. The molecule has 0 unspecified atom stereocenters. The summed E-state index contributed by atoms with van der Waals surface area (Å²) in [4.78, 5) is 12.5. The average molecular weight is 456 g/mol. The van der Waals surface area contributed by atoms with E-state index >= 15 is 0 Å². The van der Waals surface area contributed by atoms with Crippen LogP contribution >= 0.6 is 23.4 Å². The molecule has 0 saturated heterocycles. The Morgan fingerprint density at radius 3 is 2.87 bits per heavy atom. The smallest absolute Gasteiger partial charge is 0.235 e. The minimum Gasteiger partial charge on any atom is -0.493 e. The van der Waals surface area contributed by atoms with Crippen LogP contribution in [0.4, 0.5) is 5.82 Å². The summed E-state index contributed by atoms with van der Waals surface area (Å²) >= 11 is 7.97. The second-order valence-electron chi connectivity index (χ2n) is 6.96. The Morgan fingerprint density at radius 2 is 2.13 bits per heavy atom. The molecule has 1 aromatic heterocycles. The highest BCUT2D eigenvalue weighted by Crippen LogP contribution is 2.46. The maximum Gasteiger partial charge on any atom is 0.235 e. The topological polar surface area (TPSA) is 65.4 Å². The Morgan fingerprint density at radius 1 is 1.32 bits per heavy atom. The third kappa shape index (κ3) is 4.16. The number of para-hydroxylation sites is 1. The van der Waals surface area contributed by atoms with Crippen LogP contribution in [0.1, 0.15) is 22.1 Å². The van der Waals surface area contributed by atoms with Gasteiger partial charge in [0.15, 0.2) is 11.5 Å². The van der Waals surface area contributed by atoms with Gasteiger partial charge in [-0.25, -0.2) is 4.68 Å². The largest absolute Gasteiger partial charge is 0.493 e. The van der Waals surface area contributed by atoms with Gasteiger partial charge in [0.2, 0.25) is 5.91 Å². The number of nitrogens with zero attached hydrogens (tertiary/aromatic N) is 2. The van der Waals surface area contributed by atoms with Crippen LogP contribution in [-0.4, -0.2) is 35.2 Å². The molecule has 1 atom stereocenters. The standard InChI is InChI=1S/C23H22ClN3O3S/c1-4-11-30-18-10-9-15(12-19(18)29-3)22-21-14(2)26-27(17-8-6-5-7-16(17)24)23(21)25-20(28)13-31-22/h4-10,12,22H,1,11,13H2,2-3H3,(H,25,28)/t22-/m1/s1. The molecule has 160 valence electrons. The predicted molar refractivity (Wildman–Crippen MR) is 125 cm³/mol. The number of methoxy groups -OCH3 is 1. The van der Waals surface area contributed by atoms with Crippen molar-refractivity contribution in [3.63, 3.8) is 0 Å². The van der Waals surface area contributed by atoms with Crippen LogP contribution in [0.25, 0.3) is 5.69 Å². The van der Waals surface area contributed by atoms with Gasteiger partial charge in [0.1, 0.15) is 12.4 Å². The molecule has 1 aliphatic heterocycles. The van der Waals surface area contributed by atoms with Crippen LogP contribution in [0.15, 0.2) is 55.1 Å². The Labute approximate surface area is 190 Å². The lowest BCUT2D eigenvalue weighted by Gasteiger charge is -2.18. The van der Waals surface area contributed by atoms with Gasteiger partial charge < -0.3 is 14.8 Å². The van der Waals surface area contributed by atoms with Crippen LogP contribution in [0, 0.1) is 6.92 Å². The number of hydrogen-bond donors (Lipinski definition) is 1. The molecule has 2 heterocycles. The molecule has 1 amide bonds. The van der Waals surface area contributed by atoms with Crippen molar-refractivity contribution in [1.82, 2.24) is 9.78 Å². The maximum atomic E-state index is 12.5. The molecule has 1 N–H and O–H groups in total. The van der Waals surface area contributed by atoms with E-state index in [4.69, 9.17) is 26.2 Å². The number of aryl methyl sites for hydroxylation is 1. The monoisotopic (exact) mass is 455 g/mol. The summed E-state index contributed by atoms with van der Waals surface area (Å²) in [5.41, 5.74) is 3.47. The van der Waals surface area contributed by atoms with E-state index in [-0.39, 0.29) is 11.2 Å². The van der Waals surface area contributed by atoms with Crippen LogP contribution in [-0.2, 0) is 4.79 Å². The summed E-state index contributed by atoms with van der Waals surface area (Å²) in [6.07, 6.45) is 1.69. The van der Waals surface area contributed by atoms with Crippen LogP contribution in [0.5, 0.6) is 11.5 Å². The summed E-state index contributed by atoms with van der Waals surface area (Å²) in [5.74, 6) is 2.14. The van der Waals surface area contributed by atoms with Crippen LogP contribution < -0.4 is 14.8 Å². The zero-order chi connectivity index (χ0) is 22.0. The van der Waals surface area contributed by atoms with Gasteiger partial charge >= 0.3 is 0 Å². The van der Waals surface area contributed by atoms with Crippen molar-refractivity contribution in [2.45, 2.75) is 12.2 Å². The number of nitrogens with one attached hydrogen (secondary N) is 1. The number of halogens is 1. The van der Waals surface area contributed by atoms with E-state index in [0.29, 0.717) is 40.4 Å². The minimum absolute atomic E-state index is 0.0835. The van der Waals surface area contributed by atoms with Crippen molar-refractivity contribution in [2.75, 3.05) is 24.8 Å². The molecule has 1 aliphatic rings. The molecule has 6 nitrogen and oxygen atoms in total. The maximum absolute atomic E-state index is 12.5. The lowest BCUT2D eigenvalue weighted by Crippen LogP contribution is -2.16. The van der Waals surface area contributed by atoms with Gasteiger partial charge in [-0.2, -0.15) is 5.10 Å². The van der Waals surface area contributed by atoms with Crippen molar-refractivity contribution >= 4 is 35.1 Å².